The van der Waals surface area contributed by atoms with Crippen molar-refractivity contribution in [3.05, 3.63) is 22.8 Å². The van der Waals surface area contributed by atoms with E-state index in [-0.39, 0.29) is 0 Å². The molecule has 2 rings (SSSR count). The standard InChI is InChI=1S/C15H21N/c16-12-14-10-6-3-7-11-15(14)13-8-4-1-2-5-9-13/h8H,1-7,9-11H2. The summed E-state index contributed by atoms with van der Waals surface area (Å²) in [5, 5.41) is 9.25. The van der Waals surface area contributed by atoms with Crippen molar-refractivity contribution in [2.75, 3.05) is 0 Å². The lowest BCUT2D eigenvalue weighted by molar-refractivity contribution is 0.699. The summed E-state index contributed by atoms with van der Waals surface area (Å²) in [6.07, 6.45) is 14.8. The van der Waals surface area contributed by atoms with E-state index in [0.29, 0.717) is 0 Å². The summed E-state index contributed by atoms with van der Waals surface area (Å²) < 4.78 is 0. The number of hydrogen-bond acceptors (Lipinski definition) is 1. The molecule has 0 aliphatic heterocycles. The van der Waals surface area contributed by atoms with E-state index in [1.807, 2.05) is 0 Å². The second-order valence-electron chi connectivity index (χ2n) is 4.96. The largest absolute Gasteiger partial charge is 0.193 e. The summed E-state index contributed by atoms with van der Waals surface area (Å²) in [4.78, 5) is 0. The van der Waals surface area contributed by atoms with Crippen LogP contribution in [0.3, 0.4) is 0 Å². The van der Waals surface area contributed by atoms with Crippen LogP contribution < -0.4 is 0 Å². The van der Waals surface area contributed by atoms with Crippen LogP contribution in [-0.2, 0) is 0 Å². The van der Waals surface area contributed by atoms with Gasteiger partial charge in [-0.25, -0.2) is 0 Å². The summed E-state index contributed by atoms with van der Waals surface area (Å²) in [6, 6.07) is 2.45. The molecule has 0 atom stereocenters. The van der Waals surface area contributed by atoms with Crippen molar-refractivity contribution >= 4 is 0 Å². The number of nitrogens with zero attached hydrogens (tertiary/aromatic N) is 1. The molecule has 0 aromatic carbocycles. The summed E-state index contributed by atoms with van der Waals surface area (Å²) in [7, 11) is 0. The fourth-order valence-corrected chi connectivity index (χ4v) is 2.85. The lowest BCUT2D eigenvalue weighted by atomic mass is 9.93. The highest BCUT2D eigenvalue weighted by Crippen LogP contribution is 2.32. The molecule has 1 heteroatoms. The fourth-order valence-electron chi connectivity index (χ4n) is 2.85. The fraction of sp³-hybridized carbons (Fsp3) is 0.667. The van der Waals surface area contributed by atoms with Crippen LogP contribution in [0.4, 0.5) is 0 Å². The minimum absolute atomic E-state index is 1.02. The van der Waals surface area contributed by atoms with Gasteiger partial charge in [-0.2, -0.15) is 5.26 Å². The van der Waals surface area contributed by atoms with Gasteiger partial charge in [-0.05, 0) is 62.5 Å². The smallest absolute Gasteiger partial charge is 0.0950 e. The lowest BCUT2D eigenvalue weighted by Crippen LogP contribution is -1.94. The van der Waals surface area contributed by atoms with Crippen molar-refractivity contribution in [2.45, 2.75) is 64.2 Å². The van der Waals surface area contributed by atoms with E-state index in [1.54, 1.807) is 0 Å². The first-order chi connectivity index (χ1) is 7.92. The number of nitriles is 1. The minimum Gasteiger partial charge on any atom is -0.193 e. The van der Waals surface area contributed by atoms with Crippen LogP contribution >= 0.6 is 0 Å². The van der Waals surface area contributed by atoms with Gasteiger partial charge in [0, 0.05) is 5.57 Å². The Morgan fingerprint density at radius 1 is 0.875 bits per heavy atom. The predicted octanol–water partition coefficient (Wildman–Crippen LogP) is 4.66. The summed E-state index contributed by atoms with van der Waals surface area (Å²) in [6.45, 7) is 0. The molecule has 0 bridgehead atoms. The van der Waals surface area contributed by atoms with Gasteiger partial charge in [0.1, 0.15) is 0 Å². The SMILES string of the molecule is N#CC1=C(C2=CCCCCC2)CCCCC1. The molecule has 0 saturated carbocycles. The van der Waals surface area contributed by atoms with Crippen LogP contribution in [0, 0.1) is 11.3 Å². The zero-order valence-corrected chi connectivity index (χ0v) is 10.1. The van der Waals surface area contributed by atoms with Gasteiger partial charge in [-0.1, -0.05) is 18.9 Å². The molecule has 0 heterocycles. The summed E-state index contributed by atoms with van der Waals surface area (Å²) in [5.74, 6) is 0. The van der Waals surface area contributed by atoms with Crippen molar-refractivity contribution in [2.24, 2.45) is 0 Å². The highest BCUT2D eigenvalue weighted by Gasteiger charge is 2.15. The van der Waals surface area contributed by atoms with Gasteiger partial charge in [0.15, 0.2) is 0 Å². The van der Waals surface area contributed by atoms with Gasteiger partial charge >= 0.3 is 0 Å². The molecule has 0 fully saturated rings. The normalized spacial score (nSPS) is 23.1. The Kier molecular flexibility index (Phi) is 4.22. The van der Waals surface area contributed by atoms with E-state index >= 15 is 0 Å². The first-order valence-electron chi connectivity index (χ1n) is 6.73. The van der Waals surface area contributed by atoms with Gasteiger partial charge in [0.25, 0.3) is 0 Å². The Morgan fingerprint density at radius 3 is 2.50 bits per heavy atom. The minimum atomic E-state index is 1.02. The van der Waals surface area contributed by atoms with E-state index in [0.717, 1.165) is 18.4 Å². The van der Waals surface area contributed by atoms with Crippen molar-refractivity contribution in [3.63, 3.8) is 0 Å². The first-order valence-corrected chi connectivity index (χ1v) is 6.73. The summed E-state index contributed by atoms with van der Waals surface area (Å²) >= 11 is 0. The zero-order valence-electron chi connectivity index (χ0n) is 10.1. The topological polar surface area (TPSA) is 23.8 Å². The monoisotopic (exact) mass is 215 g/mol. The highest BCUT2D eigenvalue weighted by molar-refractivity contribution is 5.42. The molecule has 86 valence electrons. The van der Waals surface area contributed by atoms with Crippen molar-refractivity contribution in [1.82, 2.24) is 0 Å². The first kappa shape index (κ1) is 11.5. The van der Waals surface area contributed by atoms with Crippen LogP contribution in [-0.4, -0.2) is 0 Å². The van der Waals surface area contributed by atoms with E-state index in [9.17, 15) is 5.26 Å². The van der Waals surface area contributed by atoms with E-state index in [4.69, 9.17) is 0 Å². The molecule has 0 aromatic rings. The van der Waals surface area contributed by atoms with Gasteiger partial charge in [0.2, 0.25) is 0 Å². The van der Waals surface area contributed by atoms with Crippen LogP contribution in [0.2, 0.25) is 0 Å². The third-order valence-electron chi connectivity index (χ3n) is 3.78. The Morgan fingerprint density at radius 2 is 1.62 bits per heavy atom. The molecular formula is C15H21N. The van der Waals surface area contributed by atoms with E-state index in [1.165, 1.54) is 62.5 Å². The maximum atomic E-state index is 9.25. The van der Waals surface area contributed by atoms with Crippen LogP contribution in [0.1, 0.15) is 64.2 Å². The third kappa shape index (κ3) is 2.76. The zero-order chi connectivity index (χ0) is 11.2. The van der Waals surface area contributed by atoms with Crippen molar-refractivity contribution in [1.29, 1.82) is 5.26 Å². The average molecular weight is 215 g/mol. The van der Waals surface area contributed by atoms with Crippen molar-refractivity contribution in [3.8, 4) is 6.07 Å². The Bertz CT molecular complexity index is 341. The maximum absolute atomic E-state index is 9.25. The van der Waals surface area contributed by atoms with Gasteiger partial charge in [-0.15, -0.1) is 0 Å². The molecular weight excluding hydrogens is 194 g/mol. The molecule has 16 heavy (non-hydrogen) atoms. The molecule has 0 aromatic heterocycles. The van der Waals surface area contributed by atoms with Gasteiger partial charge in [-0.3, -0.25) is 0 Å². The lowest BCUT2D eigenvalue weighted by Gasteiger charge is -2.11. The molecule has 0 saturated heterocycles. The Balaban J connectivity index is 2.23. The molecule has 2 aliphatic carbocycles. The van der Waals surface area contributed by atoms with Crippen molar-refractivity contribution < 1.29 is 0 Å². The molecule has 0 N–H and O–H groups in total. The quantitative estimate of drug-likeness (QED) is 0.624. The van der Waals surface area contributed by atoms with E-state index < -0.39 is 0 Å². The molecule has 0 spiro atoms. The Hall–Kier alpha value is -1.03. The second-order valence-corrected chi connectivity index (χ2v) is 4.96. The van der Waals surface area contributed by atoms with E-state index in [2.05, 4.69) is 12.1 Å². The summed E-state index contributed by atoms with van der Waals surface area (Å²) in [5.41, 5.74) is 4.02. The van der Waals surface area contributed by atoms with Crippen LogP contribution in [0.25, 0.3) is 0 Å². The highest BCUT2D eigenvalue weighted by atomic mass is 14.3. The third-order valence-corrected chi connectivity index (χ3v) is 3.78. The van der Waals surface area contributed by atoms with Gasteiger partial charge < -0.3 is 0 Å². The molecule has 0 unspecified atom stereocenters. The molecule has 1 nitrogen and oxygen atoms in total. The molecule has 0 radical (unpaired) electrons. The Labute approximate surface area is 98.9 Å². The van der Waals surface area contributed by atoms with Crippen LogP contribution in [0.5, 0.6) is 0 Å². The molecule has 2 aliphatic rings. The molecule has 0 amide bonds. The van der Waals surface area contributed by atoms with Gasteiger partial charge in [0.05, 0.1) is 6.07 Å². The maximum Gasteiger partial charge on any atom is 0.0950 e. The number of hydrogen-bond donors (Lipinski definition) is 0. The average Bonchev–Trinajstić information content (AvgIpc) is 2.70. The second kappa shape index (κ2) is 5.89. The number of rotatable bonds is 1. The number of allylic oxidation sites excluding steroid dienone is 4. The predicted molar refractivity (Wildman–Crippen MR) is 66.9 cm³/mol. The van der Waals surface area contributed by atoms with Crippen LogP contribution in [0.15, 0.2) is 22.8 Å².